The maximum atomic E-state index is 14.0. The molecule has 0 spiro atoms. The summed E-state index contributed by atoms with van der Waals surface area (Å²) in [6, 6.07) is 12.6. The van der Waals surface area contributed by atoms with Gasteiger partial charge in [-0.05, 0) is 90.8 Å². The molecular formula is C47H64N14O11P2. The molecule has 0 aliphatic rings. The van der Waals surface area contributed by atoms with Crippen molar-refractivity contribution < 1.29 is 51.7 Å². The molecule has 2 aromatic carbocycles. The van der Waals surface area contributed by atoms with E-state index in [1.807, 2.05) is 13.8 Å². The van der Waals surface area contributed by atoms with Crippen LogP contribution in [0.2, 0.25) is 0 Å². The summed E-state index contributed by atoms with van der Waals surface area (Å²) in [6.45, 7) is 21.8. The molecule has 25 nitrogen and oxygen atoms in total. The number of fused-ring (bicyclic) bond motifs is 2. The van der Waals surface area contributed by atoms with Crippen LogP contribution in [-0.2, 0) is 50.8 Å². The molecule has 2 unspecified atom stereocenters. The Labute approximate surface area is 428 Å². The van der Waals surface area contributed by atoms with Crippen LogP contribution >= 0.6 is 15.0 Å². The monoisotopic (exact) mass is 1060 g/mol. The van der Waals surface area contributed by atoms with Gasteiger partial charge in [-0.1, -0.05) is 26.0 Å². The molecule has 74 heavy (non-hydrogen) atoms. The molecule has 0 radical (unpaired) electrons. The summed E-state index contributed by atoms with van der Waals surface area (Å²) in [5.41, 5.74) is 11.6. The number of rotatable bonds is 25. The van der Waals surface area contributed by atoms with Gasteiger partial charge in [-0.15, -0.1) is 0 Å². The van der Waals surface area contributed by atoms with Gasteiger partial charge < -0.3 is 48.8 Å². The van der Waals surface area contributed by atoms with E-state index in [1.165, 1.54) is 39.7 Å². The Balaban J connectivity index is 0.000000274. The zero-order valence-corrected chi connectivity index (χ0v) is 44.6. The Hall–Kier alpha value is -7.06. The highest BCUT2D eigenvalue weighted by Gasteiger charge is 2.41. The number of anilines is 2. The molecule has 6 rings (SSSR count). The molecule has 0 aliphatic heterocycles. The van der Waals surface area contributed by atoms with Gasteiger partial charge in [0.1, 0.15) is 59.0 Å². The van der Waals surface area contributed by atoms with Crippen LogP contribution in [0.15, 0.2) is 73.8 Å². The lowest BCUT2D eigenvalue weighted by atomic mass is 10.1. The number of carbonyl (C=O) groups is 3. The number of amides is 1. The minimum Gasteiger partial charge on any atom is -0.497 e. The van der Waals surface area contributed by atoms with Crippen LogP contribution in [0.25, 0.3) is 27.2 Å². The summed E-state index contributed by atoms with van der Waals surface area (Å²) in [6.07, 6.45) is 5.44. The van der Waals surface area contributed by atoms with Crippen LogP contribution in [0, 0.1) is 6.57 Å². The van der Waals surface area contributed by atoms with E-state index in [9.17, 15) is 23.5 Å². The number of ether oxygens (including phenoxy) is 5. The van der Waals surface area contributed by atoms with Gasteiger partial charge in [-0.25, -0.2) is 44.9 Å². The van der Waals surface area contributed by atoms with Crippen LogP contribution < -0.4 is 36.0 Å². The Bertz CT molecular complexity index is 3020. The fourth-order valence-corrected chi connectivity index (χ4v) is 10.9. The first-order chi connectivity index (χ1) is 35.0. The topological polar surface area (TPSA) is 320 Å². The number of nitrogens with two attached hydrogens (primary N) is 2. The van der Waals surface area contributed by atoms with E-state index in [-0.39, 0.29) is 42.5 Å². The summed E-state index contributed by atoms with van der Waals surface area (Å²) in [5.74, 6) is -0.473. The highest BCUT2D eigenvalue weighted by molar-refractivity contribution is 7.60. The lowest BCUT2D eigenvalue weighted by molar-refractivity contribution is -0.150. The number of nitrogen functional groups attached to an aromatic ring is 2. The van der Waals surface area contributed by atoms with Gasteiger partial charge in [0.05, 0.1) is 64.8 Å². The predicted molar refractivity (Wildman–Crippen MR) is 276 cm³/mol. The number of aromatic nitrogens is 8. The molecule has 0 aliphatic carbocycles. The first kappa shape index (κ1) is 57.8. The third-order valence-electron chi connectivity index (χ3n) is 10.5. The summed E-state index contributed by atoms with van der Waals surface area (Å²) < 4.78 is 64.7. The standard InChI is InChI=1S/C24H34N7O6P.C23H30N7O5P/c1-6-11-36-23(33)24(3,4)30-38(34,29-22(32)17-7-9-18(35-5)10-8-17)15-37-16(2)12-31-14-28-19-20(25)26-13-27-21(19)31;1-6-10-33-22(31)23(3,4)29-36(32,35-18-9-7-8-17(11-18)25-5)15-34-16(2)12-30-14-28-19-20(24)26-13-27-21(19)30/h7-10,13-14,16H,6,11-12,15H2,1-5H3,(H2,25,26,27)(H2,29,30,32,34);7-9,11,13-14,16H,6,10,12,15H2,1-4H3,(H,29,32)(H2,24,26,27)/t16-,38?;16-,36?/m11/s1. The lowest BCUT2D eigenvalue weighted by Gasteiger charge is -2.31. The van der Waals surface area contributed by atoms with Crippen molar-refractivity contribution in [3.05, 3.63) is 90.8 Å². The summed E-state index contributed by atoms with van der Waals surface area (Å²) in [7, 11) is -6.15. The predicted octanol–water partition coefficient (Wildman–Crippen LogP) is 6.64. The van der Waals surface area contributed by atoms with Crippen molar-refractivity contribution in [3.63, 3.8) is 0 Å². The quantitative estimate of drug-likeness (QED) is 0.0228. The van der Waals surface area contributed by atoms with Gasteiger partial charge in [-0.3, -0.25) is 28.6 Å². The van der Waals surface area contributed by atoms with Crippen molar-refractivity contribution in [1.29, 1.82) is 0 Å². The molecule has 0 saturated heterocycles. The van der Waals surface area contributed by atoms with E-state index in [0.717, 1.165) is 0 Å². The third kappa shape index (κ3) is 16.0. The maximum absolute atomic E-state index is 14.0. The zero-order chi connectivity index (χ0) is 54.3. The van der Waals surface area contributed by atoms with Crippen LogP contribution in [0.3, 0.4) is 0 Å². The van der Waals surface area contributed by atoms with Gasteiger partial charge >= 0.3 is 19.5 Å². The third-order valence-corrected chi connectivity index (χ3v) is 14.4. The minimum atomic E-state index is -3.84. The number of nitrogens with zero attached hydrogens (tertiary/aromatic N) is 9. The average molecular weight is 1060 g/mol. The Morgan fingerprint density at radius 3 is 1.74 bits per heavy atom. The summed E-state index contributed by atoms with van der Waals surface area (Å²) in [4.78, 5) is 66.3. The molecule has 0 bridgehead atoms. The normalized spacial score (nSPS) is 14.1. The smallest absolute Gasteiger partial charge is 0.342 e. The summed E-state index contributed by atoms with van der Waals surface area (Å²) in [5, 5.41) is 8.15. The maximum Gasteiger partial charge on any atom is 0.342 e. The van der Waals surface area contributed by atoms with Gasteiger partial charge in [0, 0.05) is 5.56 Å². The molecule has 4 atom stereocenters. The van der Waals surface area contributed by atoms with E-state index in [4.69, 9.17) is 46.2 Å². The first-order valence-corrected chi connectivity index (χ1v) is 27.1. The van der Waals surface area contributed by atoms with Crippen molar-refractivity contribution in [1.82, 2.24) is 54.3 Å². The Morgan fingerprint density at radius 1 is 0.730 bits per heavy atom. The first-order valence-electron chi connectivity index (χ1n) is 23.4. The molecule has 4 aromatic heterocycles. The van der Waals surface area contributed by atoms with Crippen molar-refractivity contribution >= 4 is 72.5 Å². The number of esters is 2. The SMILES string of the molecule is CCCOC(=O)C(C)(C)NP(=O)(CO[C@H](C)Cn1cnc2c(N)ncnc21)NC(=O)c1ccc(OC)cc1.[C-]#[N+]c1cccc(OP(=O)(CO[C@H](C)Cn2cnc3c(N)ncnc32)NC(C)(C)C(=O)OCCC)c1. The van der Waals surface area contributed by atoms with Crippen LogP contribution in [0.5, 0.6) is 11.5 Å². The van der Waals surface area contributed by atoms with E-state index in [2.05, 4.69) is 50.0 Å². The molecule has 6 aromatic rings. The number of nitrogens with one attached hydrogen (secondary N) is 3. The second-order valence-corrected chi connectivity index (χ2v) is 22.1. The number of hydrogen-bond acceptors (Lipinski definition) is 19. The average Bonchev–Trinajstić information content (AvgIpc) is 3.98. The van der Waals surface area contributed by atoms with Crippen molar-refractivity contribution in [2.45, 2.75) is 105 Å². The highest BCUT2D eigenvalue weighted by atomic mass is 31.2. The number of benzene rings is 2. The zero-order valence-electron chi connectivity index (χ0n) is 42.8. The highest BCUT2D eigenvalue weighted by Crippen LogP contribution is 2.46. The molecule has 398 valence electrons. The van der Waals surface area contributed by atoms with Gasteiger partial charge in [0.2, 0.25) is 0 Å². The molecule has 7 N–H and O–H groups in total. The minimum absolute atomic E-state index is 0.209. The Kier molecular flexibility index (Phi) is 20.1. The largest absolute Gasteiger partial charge is 0.497 e. The molecule has 1 amide bonds. The van der Waals surface area contributed by atoms with Crippen LogP contribution in [-0.4, -0.2) is 113 Å². The lowest BCUT2D eigenvalue weighted by Crippen LogP contribution is -2.49. The second-order valence-electron chi connectivity index (χ2n) is 17.9. The van der Waals surface area contributed by atoms with Gasteiger partial charge in [-0.2, -0.15) is 0 Å². The molecular weight excluding hydrogens is 999 g/mol. The number of imidazole rings is 2. The van der Waals surface area contributed by atoms with Crippen molar-refractivity contribution in [3.8, 4) is 11.5 Å². The van der Waals surface area contributed by atoms with Gasteiger partial charge in [0.15, 0.2) is 28.6 Å². The summed E-state index contributed by atoms with van der Waals surface area (Å²) >= 11 is 0. The molecule has 27 heteroatoms. The number of hydrogen-bond donors (Lipinski definition) is 5. The molecule has 4 heterocycles. The van der Waals surface area contributed by atoms with Crippen LogP contribution in [0.1, 0.15) is 78.6 Å². The van der Waals surface area contributed by atoms with E-state index < -0.39 is 62.4 Å². The molecule has 0 saturated carbocycles. The Morgan fingerprint density at radius 2 is 1.24 bits per heavy atom. The van der Waals surface area contributed by atoms with Crippen LogP contribution in [0.4, 0.5) is 17.3 Å². The second kappa shape index (κ2) is 25.7. The fraction of sp³-hybridized carbons (Fsp3) is 0.447. The fourth-order valence-electron chi connectivity index (χ4n) is 6.83. The van der Waals surface area contributed by atoms with E-state index in [0.29, 0.717) is 59.7 Å². The van der Waals surface area contributed by atoms with E-state index in [1.54, 1.807) is 91.9 Å². The van der Waals surface area contributed by atoms with Crippen molar-refractivity contribution in [2.24, 2.45) is 0 Å². The molecule has 0 fully saturated rings. The van der Waals surface area contributed by atoms with Gasteiger partial charge in [0.25, 0.3) is 13.4 Å². The van der Waals surface area contributed by atoms with Crippen molar-refractivity contribution in [2.75, 3.05) is 44.5 Å². The number of methoxy groups -OCH3 is 1. The van der Waals surface area contributed by atoms with E-state index >= 15 is 0 Å². The number of carbonyl (C=O) groups excluding carboxylic acids is 3.